The molecule has 14 heteroatoms. The highest BCUT2D eigenvalue weighted by molar-refractivity contribution is 5.82. The predicted octanol–water partition coefficient (Wildman–Crippen LogP) is 8.06. The van der Waals surface area contributed by atoms with Crippen molar-refractivity contribution in [3.8, 4) is 22.6 Å². The monoisotopic (exact) mass is 617 g/mol. The number of aryl methyl sites for hydroxylation is 1. The van der Waals surface area contributed by atoms with Crippen LogP contribution in [-0.4, -0.2) is 33.5 Å². The Morgan fingerprint density at radius 3 is 2.23 bits per heavy atom. The fraction of sp³-hybridized carbons (Fsp3) is 0.267. The summed E-state index contributed by atoms with van der Waals surface area (Å²) in [5, 5.41) is 19.6. The van der Waals surface area contributed by atoms with Gasteiger partial charge in [-0.05, 0) is 67.3 Å². The molecule has 5 rings (SSSR count). The summed E-state index contributed by atoms with van der Waals surface area (Å²) < 4.78 is 83.9. The lowest BCUT2D eigenvalue weighted by Gasteiger charge is -2.26. The minimum absolute atomic E-state index is 0.0536. The van der Waals surface area contributed by atoms with Gasteiger partial charge in [-0.3, -0.25) is 4.79 Å². The lowest BCUT2D eigenvalue weighted by molar-refractivity contribution is -0.274. The van der Waals surface area contributed by atoms with Gasteiger partial charge in [-0.25, -0.2) is 9.99 Å². The van der Waals surface area contributed by atoms with Crippen molar-refractivity contribution in [2.24, 2.45) is 10.3 Å². The fourth-order valence-electron chi connectivity index (χ4n) is 4.83. The molecule has 1 aliphatic rings. The Labute approximate surface area is 247 Å². The number of benzene rings is 3. The van der Waals surface area contributed by atoms with Gasteiger partial charge in [0, 0.05) is 6.20 Å². The van der Waals surface area contributed by atoms with Gasteiger partial charge in [-0.15, -0.1) is 13.2 Å². The van der Waals surface area contributed by atoms with E-state index in [0.717, 1.165) is 18.3 Å². The fourth-order valence-corrected chi connectivity index (χ4v) is 4.83. The molecule has 0 spiro atoms. The van der Waals surface area contributed by atoms with Crippen LogP contribution in [-0.2, 0) is 16.4 Å². The van der Waals surface area contributed by atoms with E-state index in [0.29, 0.717) is 33.6 Å². The van der Waals surface area contributed by atoms with Crippen molar-refractivity contribution >= 4 is 11.7 Å². The van der Waals surface area contributed by atoms with Crippen LogP contribution in [0.5, 0.6) is 5.75 Å². The maximum Gasteiger partial charge on any atom is 0.573 e. The molecule has 0 radical (unpaired) electrons. The SMILES string of the molecule is Cc1nc(C(F)(F)F)cn1-c1ccc(-c2cccc(C(C)(C)C(=O)O)c2)cc1N1N=NCC1c1ccc(OC(F)(F)F)cc1. The molecule has 1 unspecified atom stereocenters. The number of halogens is 6. The number of hydrogen-bond donors (Lipinski definition) is 1. The van der Waals surface area contributed by atoms with E-state index in [2.05, 4.69) is 20.1 Å². The molecular weight excluding hydrogens is 592 g/mol. The van der Waals surface area contributed by atoms with E-state index >= 15 is 0 Å². The zero-order chi connectivity index (χ0) is 32.0. The number of ether oxygens (including phenoxy) is 1. The van der Waals surface area contributed by atoms with E-state index < -0.39 is 41.4 Å². The predicted molar refractivity (Wildman–Crippen MR) is 147 cm³/mol. The zero-order valence-electron chi connectivity index (χ0n) is 23.5. The smallest absolute Gasteiger partial charge is 0.481 e. The number of aliphatic carboxylic acids is 1. The average Bonchev–Trinajstić information content (AvgIpc) is 3.59. The number of hydrogen-bond acceptors (Lipinski definition) is 6. The summed E-state index contributed by atoms with van der Waals surface area (Å²) in [5.74, 6) is -1.38. The van der Waals surface area contributed by atoms with Crippen molar-refractivity contribution in [1.29, 1.82) is 0 Å². The molecule has 0 saturated heterocycles. The molecule has 0 fully saturated rings. The summed E-state index contributed by atoms with van der Waals surface area (Å²) in [7, 11) is 0. The van der Waals surface area contributed by atoms with E-state index in [4.69, 9.17) is 0 Å². The van der Waals surface area contributed by atoms with E-state index in [1.807, 2.05) is 0 Å². The highest BCUT2D eigenvalue weighted by Gasteiger charge is 2.36. The number of nitrogens with zero attached hydrogens (tertiary/aromatic N) is 5. The van der Waals surface area contributed by atoms with Crippen LogP contribution in [0.4, 0.5) is 32.0 Å². The molecule has 8 nitrogen and oxygen atoms in total. The van der Waals surface area contributed by atoms with Crippen LogP contribution in [0.25, 0.3) is 16.8 Å². The first kappa shape index (κ1) is 30.6. The Morgan fingerprint density at radius 1 is 0.932 bits per heavy atom. The third-order valence-corrected chi connectivity index (χ3v) is 7.31. The number of imidazole rings is 1. The second kappa shape index (κ2) is 11.0. The summed E-state index contributed by atoms with van der Waals surface area (Å²) in [4.78, 5) is 15.6. The van der Waals surface area contributed by atoms with E-state index in [9.17, 15) is 36.2 Å². The lowest BCUT2D eigenvalue weighted by Crippen LogP contribution is -2.28. The molecule has 0 saturated carbocycles. The Balaban J connectivity index is 1.62. The van der Waals surface area contributed by atoms with Gasteiger partial charge < -0.3 is 14.4 Å². The van der Waals surface area contributed by atoms with Gasteiger partial charge in [0.2, 0.25) is 0 Å². The van der Waals surface area contributed by atoms with Crippen LogP contribution in [0, 0.1) is 6.92 Å². The Kier molecular flexibility index (Phi) is 7.64. The zero-order valence-corrected chi connectivity index (χ0v) is 23.5. The van der Waals surface area contributed by atoms with E-state index in [1.165, 1.54) is 28.6 Å². The third kappa shape index (κ3) is 6.10. The van der Waals surface area contributed by atoms with Crippen molar-refractivity contribution in [2.75, 3.05) is 11.6 Å². The van der Waals surface area contributed by atoms with Gasteiger partial charge in [0.25, 0.3) is 0 Å². The molecule has 1 aliphatic heterocycles. The maximum absolute atomic E-state index is 13.6. The van der Waals surface area contributed by atoms with E-state index in [-0.39, 0.29) is 12.4 Å². The molecule has 0 aliphatic carbocycles. The quantitative estimate of drug-likeness (QED) is 0.212. The highest BCUT2D eigenvalue weighted by atomic mass is 19.4. The van der Waals surface area contributed by atoms with Gasteiger partial charge >= 0.3 is 18.5 Å². The molecule has 4 aromatic rings. The molecule has 230 valence electrons. The van der Waals surface area contributed by atoms with Crippen LogP contribution >= 0.6 is 0 Å². The standard InChI is InChI=1S/C30H25F6N5O3/c1-17-38-26(29(31,32)33)16-40(17)23-12-9-20(19-5-4-6-21(13-19)28(2,3)27(42)43)14-24(23)41-25(15-37-39-41)18-7-10-22(11-8-18)44-30(34,35)36/h4-14,16,25H,15H2,1-3H3,(H,42,43). The number of carboxylic acid groups (broad SMARTS) is 1. The number of carbonyl (C=O) groups is 1. The topological polar surface area (TPSA) is 92.3 Å². The minimum atomic E-state index is -4.87. The van der Waals surface area contributed by atoms with Gasteiger partial charge in [0.1, 0.15) is 17.6 Å². The van der Waals surface area contributed by atoms with Gasteiger partial charge in [-0.1, -0.05) is 47.7 Å². The maximum atomic E-state index is 13.6. The highest BCUT2D eigenvalue weighted by Crippen LogP contribution is 2.41. The molecule has 2 heterocycles. The molecule has 0 bridgehead atoms. The first-order valence-electron chi connectivity index (χ1n) is 13.2. The lowest BCUT2D eigenvalue weighted by atomic mass is 9.83. The van der Waals surface area contributed by atoms with Crippen molar-refractivity contribution in [3.63, 3.8) is 0 Å². The molecule has 1 atom stereocenters. The van der Waals surface area contributed by atoms with Crippen LogP contribution in [0.15, 0.2) is 83.3 Å². The number of carboxylic acids is 1. The summed E-state index contributed by atoms with van der Waals surface area (Å²) in [6, 6.07) is 16.4. The van der Waals surface area contributed by atoms with Crippen molar-refractivity contribution in [3.05, 3.63) is 95.6 Å². The summed E-state index contributed by atoms with van der Waals surface area (Å²) in [5.41, 5.74) is 0.656. The van der Waals surface area contributed by atoms with Crippen molar-refractivity contribution in [2.45, 2.75) is 44.8 Å². The van der Waals surface area contributed by atoms with Crippen molar-refractivity contribution in [1.82, 2.24) is 9.55 Å². The Hall–Kier alpha value is -4.88. The van der Waals surface area contributed by atoms with Gasteiger partial charge in [0.15, 0.2) is 5.69 Å². The first-order chi connectivity index (χ1) is 20.5. The number of alkyl halides is 6. The van der Waals surface area contributed by atoms with Gasteiger partial charge in [-0.2, -0.15) is 18.3 Å². The van der Waals surface area contributed by atoms with Crippen LogP contribution < -0.4 is 9.75 Å². The van der Waals surface area contributed by atoms with Gasteiger partial charge in [0.05, 0.1) is 23.3 Å². The van der Waals surface area contributed by atoms with Crippen LogP contribution in [0.1, 0.15) is 42.5 Å². The summed E-state index contributed by atoms with van der Waals surface area (Å²) in [6.45, 7) is 4.68. The number of rotatable bonds is 7. The minimum Gasteiger partial charge on any atom is -0.481 e. The summed E-state index contributed by atoms with van der Waals surface area (Å²) in [6.07, 6.45) is -8.69. The third-order valence-electron chi connectivity index (χ3n) is 7.31. The second-order valence-electron chi connectivity index (χ2n) is 10.6. The Morgan fingerprint density at radius 2 is 1.61 bits per heavy atom. The molecule has 1 aromatic heterocycles. The van der Waals surface area contributed by atoms with Crippen LogP contribution in [0.3, 0.4) is 0 Å². The molecular formula is C30H25F6N5O3. The Bertz CT molecular complexity index is 1730. The normalized spacial score (nSPS) is 15.6. The molecule has 0 amide bonds. The average molecular weight is 618 g/mol. The summed E-state index contributed by atoms with van der Waals surface area (Å²) >= 11 is 0. The largest absolute Gasteiger partial charge is 0.573 e. The molecule has 1 N–H and O–H groups in total. The molecule has 3 aromatic carbocycles. The van der Waals surface area contributed by atoms with Crippen molar-refractivity contribution < 1.29 is 41.0 Å². The second-order valence-corrected chi connectivity index (χ2v) is 10.6. The number of aromatic nitrogens is 2. The number of anilines is 1. The first-order valence-corrected chi connectivity index (χ1v) is 13.2. The van der Waals surface area contributed by atoms with Crippen LogP contribution in [0.2, 0.25) is 0 Å². The molecule has 44 heavy (non-hydrogen) atoms. The van der Waals surface area contributed by atoms with E-state index in [1.54, 1.807) is 56.3 Å².